The van der Waals surface area contributed by atoms with Crippen molar-refractivity contribution in [2.75, 3.05) is 0 Å². The summed E-state index contributed by atoms with van der Waals surface area (Å²) in [5.74, 6) is -14.6. The number of ether oxygens (including phenoxy) is 1. The summed E-state index contributed by atoms with van der Waals surface area (Å²) in [4.78, 5) is 11.4. The molecule has 3 aliphatic rings. The normalized spacial score (nSPS) is 22.4. The van der Waals surface area contributed by atoms with Crippen LogP contribution in [0, 0.1) is 40.5 Å². The van der Waals surface area contributed by atoms with Gasteiger partial charge in [0, 0.05) is 11.8 Å². The fourth-order valence-corrected chi connectivity index (χ4v) is 6.69. The number of hydrogen-bond acceptors (Lipinski definition) is 5. The van der Waals surface area contributed by atoms with Gasteiger partial charge in [-0.3, -0.25) is 4.79 Å². The molecule has 0 amide bonds. The van der Waals surface area contributed by atoms with Crippen LogP contribution in [0.5, 0.6) is 5.75 Å². The minimum Gasteiger partial charge on any atom is -0.744 e. The summed E-state index contributed by atoms with van der Waals surface area (Å²) in [6.45, 7) is 5.74. The van der Waals surface area contributed by atoms with Gasteiger partial charge in [0.2, 0.25) is 17.4 Å². The standard InChI is InChI=1S/C27H22F4O5S/c1-27(2,3)19-17-14-10-6-4-8-12(14)16(13-9-5-7-11-15(13)17)18(19)26(32)36-24-20(28)22(30)25(37(33,34)35)23(31)21(24)29/h4-11,16-19H,1-3H3,(H,33,34,35)/p-1. The molecule has 37 heavy (non-hydrogen) atoms. The van der Waals surface area contributed by atoms with Crippen LogP contribution in [-0.4, -0.2) is 18.9 Å². The molecule has 10 heteroatoms. The molecule has 0 N–H and O–H groups in total. The van der Waals surface area contributed by atoms with Gasteiger partial charge in [-0.15, -0.1) is 0 Å². The molecule has 194 valence electrons. The van der Waals surface area contributed by atoms with Gasteiger partial charge < -0.3 is 9.29 Å². The first-order valence-electron chi connectivity index (χ1n) is 11.5. The van der Waals surface area contributed by atoms with Gasteiger partial charge in [-0.05, 0) is 33.6 Å². The zero-order valence-corrected chi connectivity index (χ0v) is 20.7. The average molecular weight is 534 g/mol. The molecule has 2 unspecified atom stereocenters. The first-order chi connectivity index (χ1) is 17.2. The van der Waals surface area contributed by atoms with Crippen molar-refractivity contribution < 1.29 is 40.1 Å². The lowest BCUT2D eigenvalue weighted by atomic mass is 9.49. The minimum absolute atomic E-state index is 0.272. The Hall–Kier alpha value is -3.24. The Morgan fingerprint density at radius 1 is 0.784 bits per heavy atom. The molecule has 3 aromatic rings. The van der Waals surface area contributed by atoms with E-state index in [2.05, 4.69) is 0 Å². The second kappa shape index (κ2) is 8.39. The van der Waals surface area contributed by atoms with Gasteiger partial charge in [-0.1, -0.05) is 69.3 Å². The summed E-state index contributed by atoms with van der Waals surface area (Å²) in [7, 11) is -5.90. The van der Waals surface area contributed by atoms with E-state index in [-0.39, 0.29) is 5.92 Å². The van der Waals surface area contributed by atoms with Crippen LogP contribution in [-0.2, 0) is 14.9 Å². The third-order valence-electron chi connectivity index (χ3n) is 7.35. The predicted octanol–water partition coefficient (Wildman–Crippen LogP) is 5.62. The number of halogens is 4. The highest BCUT2D eigenvalue weighted by Crippen LogP contribution is 2.62. The van der Waals surface area contributed by atoms with E-state index in [1.54, 1.807) is 0 Å². The molecule has 0 aromatic heterocycles. The lowest BCUT2D eigenvalue weighted by molar-refractivity contribution is -0.145. The van der Waals surface area contributed by atoms with Crippen LogP contribution >= 0.6 is 0 Å². The first kappa shape index (κ1) is 25.4. The molecule has 0 saturated carbocycles. The van der Waals surface area contributed by atoms with E-state index < -0.39 is 73.2 Å². The second-order valence-corrected chi connectivity index (χ2v) is 11.7. The molecule has 5 nitrogen and oxygen atoms in total. The van der Waals surface area contributed by atoms with Gasteiger partial charge in [0.05, 0.1) is 5.92 Å². The smallest absolute Gasteiger partial charge is 0.315 e. The van der Waals surface area contributed by atoms with Gasteiger partial charge in [0.1, 0.15) is 15.0 Å². The van der Waals surface area contributed by atoms with Crippen LogP contribution in [0.25, 0.3) is 0 Å². The number of hydrogen-bond donors (Lipinski definition) is 0. The summed E-state index contributed by atoms with van der Waals surface area (Å²) in [5.41, 5.74) is 3.16. The first-order valence-corrected chi connectivity index (χ1v) is 12.9. The molecule has 0 aliphatic heterocycles. The van der Waals surface area contributed by atoms with Crippen molar-refractivity contribution in [3.63, 3.8) is 0 Å². The third-order valence-corrected chi connectivity index (χ3v) is 8.20. The van der Waals surface area contributed by atoms with E-state index >= 15 is 0 Å². The summed E-state index contributed by atoms with van der Waals surface area (Å²) >= 11 is 0. The quantitative estimate of drug-likeness (QED) is 0.143. The molecule has 3 aliphatic carbocycles. The lowest BCUT2D eigenvalue weighted by Gasteiger charge is -2.54. The van der Waals surface area contributed by atoms with Crippen molar-refractivity contribution in [1.29, 1.82) is 0 Å². The van der Waals surface area contributed by atoms with E-state index in [1.165, 1.54) is 0 Å². The van der Waals surface area contributed by atoms with Crippen LogP contribution in [0.3, 0.4) is 0 Å². The highest BCUT2D eigenvalue weighted by atomic mass is 32.2. The van der Waals surface area contributed by atoms with Gasteiger partial charge in [-0.25, -0.2) is 17.2 Å². The Morgan fingerprint density at radius 3 is 1.57 bits per heavy atom. The maximum Gasteiger partial charge on any atom is 0.315 e. The Morgan fingerprint density at radius 2 is 1.19 bits per heavy atom. The highest BCUT2D eigenvalue weighted by molar-refractivity contribution is 7.85. The van der Waals surface area contributed by atoms with Crippen LogP contribution in [0.4, 0.5) is 17.6 Å². The second-order valence-electron chi connectivity index (χ2n) is 10.4. The summed E-state index contributed by atoms with van der Waals surface area (Å²) in [6.07, 6.45) is 0. The number of esters is 1. The van der Waals surface area contributed by atoms with Crippen LogP contribution in [0.2, 0.25) is 0 Å². The number of rotatable bonds is 3. The SMILES string of the molecule is CC(C)(C)C1C2c3ccccc3C(c3ccccc32)C1C(=O)Oc1c(F)c(F)c(S(=O)(=O)[O-])c(F)c1F. The molecule has 0 saturated heterocycles. The number of carbonyl (C=O) groups is 1. The van der Waals surface area contributed by atoms with Crippen molar-refractivity contribution >= 4 is 16.1 Å². The monoisotopic (exact) mass is 533 g/mol. The lowest BCUT2D eigenvalue weighted by Crippen LogP contribution is -2.49. The summed E-state index contributed by atoms with van der Waals surface area (Å²) in [6, 6.07) is 15.0. The molecular formula is C27H21F4O5S-. The van der Waals surface area contributed by atoms with Crippen LogP contribution in [0.1, 0.15) is 54.9 Å². The van der Waals surface area contributed by atoms with E-state index in [4.69, 9.17) is 4.74 Å². The van der Waals surface area contributed by atoms with Crippen molar-refractivity contribution in [3.8, 4) is 5.75 Å². The Balaban J connectivity index is 1.68. The van der Waals surface area contributed by atoms with E-state index in [1.807, 2.05) is 69.3 Å². The van der Waals surface area contributed by atoms with Crippen LogP contribution in [0.15, 0.2) is 53.4 Å². The number of carbonyl (C=O) groups excluding carboxylic acids is 1. The van der Waals surface area contributed by atoms with Crippen LogP contribution < -0.4 is 4.74 Å². The number of fused-ring (bicyclic) bond motifs is 1. The van der Waals surface area contributed by atoms with Gasteiger partial charge >= 0.3 is 5.97 Å². The van der Waals surface area contributed by atoms with Gasteiger partial charge in [0.25, 0.3) is 0 Å². The Kier molecular flexibility index (Phi) is 5.76. The van der Waals surface area contributed by atoms with Crippen molar-refractivity contribution in [3.05, 3.63) is 94.1 Å². The third kappa shape index (κ3) is 3.76. The zero-order valence-electron chi connectivity index (χ0n) is 19.9. The van der Waals surface area contributed by atoms with E-state index in [9.17, 15) is 35.3 Å². The maximum atomic E-state index is 14.7. The average Bonchev–Trinajstić information content (AvgIpc) is 2.83. The fraction of sp³-hybridized carbons (Fsp3) is 0.296. The highest BCUT2D eigenvalue weighted by Gasteiger charge is 2.56. The molecule has 2 bridgehead atoms. The Labute approximate surface area is 210 Å². The predicted molar refractivity (Wildman–Crippen MR) is 123 cm³/mol. The molecule has 6 rings (SSSR count). The van der Waals surface area contributed by atoms with Crippen molar-refractivity contribution in [2.24, 2.45) is 17.3 Å². The topological polar surface area (TPSA) is 83.5 Å². The zero-order chi connectivity index (χ0) is 27.0. The van der Waals surface area contributed by atoms with E-state index in [0.717, 1.165) is 22.3 Å². The maximum absolute atomic E-state index is 14.7. The summed E-state index contributed by atoms with van der Waals surface area (Å²) in [5, 5.41) is 0. The largest absolute Gasteiger partial charge is 0.744 e. The minimum atomic E-state index is -5.90. The Bertz CT molecular complexity index is 1480. The summed E-state index contributed by atoms with van der Waals surface area (Å²) < 4.78 is 96.5. The van der Waals surface area contributed by atoms with Crippen molar-refractivity contribution in [1.82, 2.24) is 0 Å². The molecule has 3 aromatic carbocycles. The molecule has 0 heterocycles. The molecule has 0 radical (unpaired) electrons. The number of benzene rings is 3. The molecule has 2 atom stereocenters. The van der Waals surface area contributed by atoms with Gasteiger partial charge in [-0.2, -0.15) is 8.78 Å². The molecule has 0 fully saturated rings. The molecule has 0 spiro atoms. The van der Waals surface area contributed by atoms with Gasteiger partial charge in [0.15, 0.2) is 11.6 Å². The molecular weight excluding hydrogens is 512 g/mol. The fourth-order valence-electron chi connectivity index (χ4n) is 6.07. The van der Waals surface area contributed by atoms with Crippen molar-refractivity contribution in [2.45, 2.75) is 37.5 Å². The van der Waals surface area contributed by atoms with E-state index in [0.29, 0.717) is 0 Å².